The molecule has 0 bridgehead atoms. The first kappa shape index (κ1) is 14.7. The Labute approximate surface area is 135 Å². The zero-order valence-electron chi connectivity index (χ0n) is 13.0. The van der Waals surface area contributed by atoms with Crippen molar-refractivity contribution in [1.29, 1.82) is 0 Å². The number of ether oxygens (including phenoxy) is 2. The van der Waals surface area contributed by atoms with Crippen molar-refractivity contribution in [1.82, 2.24) is 14.9 Å². The molecule has 2 aromatic rings. The Morgan fingerprint density at radius 1 is 1.22 bits per heavy atom. The van der Waals surface area contributed by atoms with Gasteiger partial charge in [-0.05, 0) is 31.0 Å². The van der Waals surface area contributed by atoms with Crippen molar-refractivity contribution >= 4 is 0 Å². The van der Waals surface area contributed by atoms with E-state index in [9.17, 15) is 0 Å². The van der Waals surface area contributed by atoms with Gasteiger partial charge in [0.2, 0.25) is 0 Å². The van der Waals surface area contributed by atoms with E-state index < -0.39 is 0 Å². The number of furan rings is 1. The van der Waals surface area contributed by atoms with Gasteiger partial charge in [0.05, 0.1) is 32.1 Å². The minimum absolute atomic E-state index is 0.224. The van der Waals surface area contributed by atoms with E-state index in [1.165, 1.54) is 0 Å². The largest absolute Gasteiger partial charge is 0.468 e. The summed E-state index contributed by atoms with van der Waals surface area (Å²) in [7, 11) is 0. The predicted octanol–water partition coefficient (Wildman–Crippen LogP) is 2.13. The van der Waals surface area contributed by atoms with Crippen LogP contribution in [0.4, 0.5) is 0 Å². The van der Waals surface area contributed by atoms with Gasteiger partial charge >= 0.3 is 6.01 Å². The Kier molecular flexibility index (Phi) is 4.26. The summed E-state index contributed by atoms with van der Waals surface area (Å²) in [6.07, 6.45) is 7.59. The number of nitrogens with zero attached hydrogens (tertiary/aromatic N) is 3. The van der Waals surface area contributed by atoms with Crippen molar-refractivity contribution in [2.45, 2.75) is 31.5 Å². The van der Waals surface area contributed by atoms with Crippen molar-refractivity contribution in [2.24, 2.45) is 5.92 Å². The SMILES string of the molecule is c1cnc(OC[C@@H]2CC[C@H]3[C@@H]2OCCN3Cc2ccco2)nc1. The predicted molar refractivity (Wildman–Crippen MR) is 82.9 cm³/mol. The molecule has 0 unspecified atom stereocenters. The lowest BCUT2D eigenvalue weighted by atomic mass is 10.0. The fraction of sp³-hybridized carbons (Fsp3) is 0.529. The zero-order chi connectivity index (χ0) is 15.5. The first-order valence-electron chi connectivity index (χ1n) is 8.18. The number of rotatable bonds is 5. The highest BCUT2D eigenvalue weighted by Crippen LogP contribution is 2.35. The molecule has 3 heterocycles. The van der Waals surface area contributed by atoms with E-state index in [4.69, 9.17) is 13.9 Å². The topological polar surface area (TPSA) is 60.6 Å². The number of hydrogen-bond acceptors (Lipinski definition) is 6. The van der Waals surface area contributed by atoms with Gasteiger partial charge in [-0.1, -0.05) is 0 Å². The quantitative estimate of drug-likeness (QED) is 0.842. The molecule has 2 aromatic heterocycles. The van der Waals surface area contributed by atoms with E-state index in [2.05, 4.69) is 14.9 Å². The molecule has 4 rings (SSSR count). The summed E-state index contributed by atoms with van der Waals surface area (Å²) < 4.78 is 17.3. The summed E-state index contributed by atoms with van der Waals surface area (Å²) >= 11 is 0. The highest BCUT2D eigenvalue weighted by molar-refractivity contribution is 5.02. The van der Waals surface area contributed by atoms with Crippen LogP contribution in [0.5, 0.6) is 6.01 Å². The third-order valence-electron chi connectivity index (χ3n) is 4.74. The molecule has 23 heavy (non-hydrogen) atoms. The Morgan fingerprint density at radius 3 is 2.96 bits per heavy atom. The van der Waals surface area contributed by atoms with Crippen LogP contribution in [-0.2, 0) is 11.3 Å². The third-order valence-corrected chi connectivity index (χ3v) is 4.74. The molecule has 122 valence electrons. The Balaban J connectivity index is 1.37. The van der Waals surface area contributed by atoms with Gasteiger partial charge in [0.15, 0.2) is 0 Å². The highest BCUT2D eigenvalue weighted by atomic mass is 16.5. The van der Waals surface area contributed by atoms with Gasteiger partial charge in [0.25, 0.3) is 0 Å². The molecule has 0 amide bonds. The molecule has 0 N–H and O–H groups in total. The molecule has 6 heteroatoms. The number of hydrogen-bond donors (Lipinski definition) is 0. The maximum atomic E-state index is 6.06. The average molecular weight is 315 g/mol. The lowest BCUT2D eigenvalue weighted by Gasteiger charge is -2.38. The highest BCUT2D eigenvalue weighted by Gasteiger charge is 2.43. The number of fused-ring (bicyclic) bond motifs is 1. The summed E-state index contributed by atoms with van der Waals surface area (Å²) in [5, 5.41) is 0. The van der Waals surface area contributed by atoms with E-state index in [1.54, 1.807) is 24.7 Å². The second kappa shape index (κ2) is 6.68. The lowest BCUT2D eigenvalue weighted by molar-refractivity contribution is -0.0833. The molecule has 0 radical (unpaired) electrons. The summed E-state index contributed by atoms with van der Waals surface area (Å²) in [5.41, 5.74) is 0. The fourth-order valence-electron chi connectivity index (χ4n) is 3.66. The third kappa shape index (κ3) is 3.23. The van der Waals surface area contributed by atoms with Gasteiger partial charge < -0.3 is 13.9 Å². The summed E-state index contributed by atoms with van der Waals surface area (Å²) in [6, 6.07) is 6.65. The van der Waals surface area contributed by atoms with E-state index in [0.717, 1.165) is 38.3 Å². The summed E-state index contributed by atoms with van der Waals surface area (Å²) in [6.45, 7) is 3.18. The van der Waals surface area contributed by atoms with Crippen LogP contribution in [0, 0.1) is 5.92 Å². The van der Waals surface area contributed by atoms with Crippen LogP contribution in [-0.4, -0.2) is 46.8 Å². The Hall–Kier alpha value is -1.92. The fourth-order valence-corrected chi connectivity index (χ4v) is 3.66. The summed E-state index contributed by atoms with van der Waals surface area (Å²) in [4.78, 5) is 10.7. The van der Waals surface area contributed by atoms with Gasteiger partial charge in [-0.2, -0.15) is 0 Å². The zero-order valence-corrected chi connectivity index (χ0v) is 13.0. The molecule has 6 nitrogen and oxygen atoms in total. The minimum Gasteiger partial charge on any atom is -0.468 e. The first-order chi connectivity index (χ1) is 11.4. The molecular formula is C17H21N3O3. The number of aromatic nitrogens is 2. The maximum absolute atomic E-state index is 6.06. The Bertz CT molecular complexity index is 605. The van der Waals surface area contributed by atoms with Crippen molar-refractivity contribution in [3.8, 4) is 6.01 Å². The second-order valence-electron chi connectivity index (χ2n) is 6.13. The normalized spacial score (nSPS) is 27.7. The van der Waals surface area contributed by atoms with Crippen molar-refractivity contribution in [3.05, 3.63) is 42.6 Å². The average Bonchev–Trinajstić information content (AvgIpc) is 3.24. The molecular weight excluding hydrogens is 294 g/mol. The molecule has 1 saturated carbocycles. The Morgan fingerprint density at radius 2 is 2.13 bits per heavy atom. The van der Waals surface area contributed by atoms with Gasteiger partial charge in [0.1, 0.15) is 5.76 Å². The smallest absolute Gasteiger partial charge is 0.316 e. The van der Waals surface area contributed by atoms with Crippen molar-refractivity contribution in [2.75, 3.05) is 19.8 Å². The molecule has 0 spiro atoms. The van der Waals surface area contributed by atoms with Gasteiger partial charge in [-0.25, -0.2) is 9.97 Å². The van der Waals surface area contributed by atoms with Crippen LogP contribution in [0.1, 0.15) is 18.6 Å². The molecule has 2 aliphatic rings. The standard InChI is InChI=1S/C17H21N3O3/c1-3-14(21-9-1)11-20-8-10-22-16-13(4-5-15(16)20)12-23-17-18-6-2-7-19-17/h1-3,6-7,9,13,15-16H,4-5,8,10-12H2/t13-,15-,16+/m0/s1. The lowest BCUT2D eigenvalue weighted by Crippen LogP contribution is -2.50. The minimum atomic E-state index is 0.224. The van der Waals surface area contributed by atoms with Gasteiger partial charge in [-0.3, -0.25) is 4.90 Å². The van der Waals surface area contributed by atoms with E-state index >= 15 is 0 Å². The van der Waals surface area contributed by atoms with Crippen LogP contribution in [0.25, 0.3) is 0 Å². The van der Waals surface area contributed by atoms with Crippen LogP contribution < -0.4 is 4.74 Å². The molecule has 1 saturated heterocycles. The van der Waals surface area contributed by atoms with Gasteiger partial charge in [0, 0.05) is 30.9 Å². The van der Waals surface area contributed by atoms with E-state index in [0.29, 0.717) is 24.6 Å². The van der Waals surface area contributed by atoms with Crippen molar-refractivity contribution in [3.63, 3.8) is 0 Å². The van der Waals surface area contributed by atoms with Crippen LogP contribution in [0.15, 0.2) is 41.3 Å². The molecule has 1 aliphatic heterocycles. The van der Waals surface area contributed by atoms with E-state index in [-0.39, 0.29) is 6.10 Å². The number of morpholine rings is 1. The summed E-state index contributed by atoms with van der Waals surface area (Å²) in [5.74, 6) is 1.41. The maximum Gasteiger partial charge on any atom is 0.316 e. The molecule has 0 aromatic carbocycles. The van der Waals surface area contributed by atoms with Crippen molar-refractivity contribution < 1.29 is 13.9 Å². The van der Waals surface area contributed by atoms with Crippen LogP contribution in [0.3, 0.4) is 0 Å². The van der Waals surface area contributed by atoms with Crippen LogP contribution in [0.2, 0.25) is 0 Å². The molecule has 3 atom stereocenters. The van der Waals surface area contributed by atoms with Gasteiger partial charge in [-0.15, -0.1) is 0 Å². The molecule has 1 aliphatic carbocycles. The second-order valence-corrected chi connectivity index (χ2v) is 6.13. The van der Waals surface area contributed by atoms with E-state index in [1.807, 2.05) is 12.1 Å². The molecule has 2 fully saturated rings. The first-order valence-corrected chi connectivity index (χ1v) is 8.18. The monoisotopic (exact) mass is 315 g/mol. The van der Waals surface area contributed by atoms with Crippen LogP contribution >= 0.6 is 0 Å².